The molecule has 2 heterocycles. The highest BCUT2D eigenvalue weighted by Gasteiger charge is 2.38. The molecule has 4 nitrogen and oxygen atoms in total. The third kappa shape index (κ3) is 1.64. The van der Waals surface area contributed by atoms with E-state index < -0.39 is 0 Å². The van der Waals surface area contributed by atoms with Crippen molar-refractivity contribution in [1.29, 1.82) is 0 Å². The number of amides is 1. The fourth-order valence-corrected chi connectivity index (χ4v) is 2.29. The Morgan fingerprint density at radius 3 is 2.93 bits per heavy atom. The summed E-state index contributed by atoms with van der Waals surface area (Å²) in [6.45, 7) is 5.85. The minimum atomic E-state index is 0.153. The molecule has 0 aromatic carbocycles. The Bertz CT molecular complexity index is 229. The van der Waals surface area contributed by atoms with Gasteiger partial charge in [0.05, 0.1) is 18.8 Å². The molecule has 0 saturated carbocycles. The Hall–Kier alpha value is -0.610. The maximum atomic E-state index is 12.0. The lowest BCUT2D eigenvalue weighted by Gasteiger charge is -2.43. The third-order valence-electron chi connectivity index (χ3n) is 3.16. The number of nitrogens with zero attached hydrogens (tertiary/aromatic N) is 1. The van der Waals surface area contributed by atoms with Crippen LogP contribution in [0.25, 0.3) is 0 Å². The molecule has 0 aromatic heterocycles. The van der Waals surface area contributed by atoms with Crippen LogP contribution in [0.15, 0.2) is 0 Å². The molecule has 2 N–H and O–H groups in total. The Balaban J connectivity index is 2.07. The van der Waals surface area contributed by atoms with E-state index in [2.05, 4.69) is 24.5 Å². The molecule has 0 aromatic rings. The third-order valence-corrected chi connectivity index (χ3v) is 3.16. The van der Waals surface area contributed by atoms with Gasteiger partial charge >= 0.3 is 0 Å². The van der Waals surface area contributed by atoms with Crippen molar-refractivity contribution in [3.05, 3.63) is 0 Å². The molecule has 2 rings (SSSR count). The molecule has 2 fully saturated rings. The molecular weight excluding hydrogens is 178 g/mol. The number of hydrogen-bond donors (Lipinski definition) is 2. The molecule has 1 amide bonds. The largest absolute Gasteiger partial charge is 0.327 e. The van der Waals surface area contributed by atoms with Crippen LogP contribution in [0, 0.1) is 5.92 Å². The van der Waals surface area contributed by atoms with E-state index in [1.54, 1.807) is 0 Å². The molecule has 4 heteroatoms. The molecule has 0 spiro atoms. The van der Waals surface area contributed by atoms with E-state index in [0.29, 0.717) is 18.6 Å². The number of nitrogens with one attached hydrogen (secondary N) is 2. The minimum absolute atomic E-state index is 0.153. The summed E-state index contributed by atoms with van der Waals surface area (Å²) in [7, 11) is 0. The van der Waals surface area contributed by atoms with E-state index in [9.17, 15) is 4.79 Å². The van der Waals surface area contributed by atoms with Crippen molar-refractivity contribution >= 4 is 5.91 Å². The Morgan fingerprint density at radius 2 is 2.21 bits per heavy atom. The number of carbonyl (C=O) groups is 1. The highest BCUT2D eigenvalue weighted by molar-refractivity contribution is 5.80. The van der Waals surface area contributed by atoms with E-state index >= 15 is 0 Å². The lowest BCUT2D eigenvalue weighted by atomic mass is 9.92. The van der Waals surface area contributed by atoms with Crippen LogP contribution >= 0.6 is 0 Å². The molecular formula is C10H19N3O. The molecule has 2 atom stereocenters. The van der Waals surface area contributed by atoms with Crippen LogP contribution in [0.2, 0.25) is 0 Å². The zero-order chi connectivity index (χ0) is 10.1. The standard InChI is InChI=1S/C10H19N3O/c1-7(2)13-6-12-9-8(10(13)14)4-3-5-11-9/h7-9,11-12H,3-6H2,1-2H3. The number of piperidine rings is 1. The van der Waals surface area contributed by atoms with Gasteiger partial charge < -0.3 is 10.2 Å². The highest BCUT2D eigenvalue weighted by Crippen LogP contribution is 2.22. The highest BCUT2D eigenvalue weighted by atomic mass is 16.2. The zero-order valence-corrected chi connectivity index (χ0v) is 8.92. The van der Waals surface area contributed by atoms with Gasteiger partial charge in [-0.3, -0.25) is 10.1 Å². The van der Waals surface area contributed by atoms with Crippen LogP contribution < -0.4 is 10.6 Å². The lowest BCUT2D eigenvalue weighted by molar-refractivity contribution is -0.144. The Labute approximate surface area is 85.0 Å². The molecule has 0 aliphatic carbocycles. The Morgan fingerprint density at radius 1 is 1.43 bits per heavy atom. The number of hydrogen-bond acceptors (Lipinski definition) is 3. The van der Waals surface area contributed by atoms with Crippen molar-refractivity contribution in [3.8, 4) is 0 Å². The van der Waals surface area contributed by atoms with Gasteiger partial charge in [0.25, 0.3) is 0 Å². The maximum absolute atomic E-state index is 12.0. The van der Waals surface area contributed by atoms with Crippen LogP contribution in [-0.4, -0.2) is 36.2 Å². The van der Waals surface area contributed by atoms with E-state index in [0.717, 1.165) is 19.4 Å². The monoisotopic (exact) mass is 197 g/mol. The van der Waals surface area contributed by atoms with Gasteiger partial charge in [0.1, 0.15) is 0 Å². The summed E-state index contributed by atoms with van der Waals surface area (Å²) in [5, 5.41) is 6.73. The normalized spacial score (nSPS) is 33.4. The fourth-order valence-electron chi connectivity index (χ4n) is 2.29. The van der Waals surface area contributed by atoms with Crippen molar-refractivity contribution in [2.24, 2.45) is 5.92 Å². The van der Waals surface area contributed by atoms with Crippen LogP contribution in [0.3, 0.4) is 0 Å². The molecule has 2 unspecified atom stereocenters. The van der Waals surface area contributed by atoms with Crippen molar-refractivity contribution in [2.45, 2.75) is 38.9 Å². The van der Waals surface area contributed by atoms with E-state index in [1.807, 2.05) is 4.90 Å². The maximum Gasteiger partial charge on any atom is 0.229 e. The van der Waals surface area contributed by atoms with Crippen molar-refractivity contribution in [3.63, 3.8) is 0 Å². The summed E-state index contributed by atoms with van der Waals surface area (Å²) >= 11 is 0. The van der Waals surface area contributed by atoms with E-state index in [-0.39, 0.29) is 12.1 Å². The molecule has 14 heavy (non-hydrogen) atoms. The van der Waals surface area contributed by atoms with Crippen LogP contribution in [-0.2, 0) is 4.79 Å². The molecule has 2 aliphatic rings. The van der Waals surface area contributed by atoms with Gasteiger partial charge in [0.15, 0.2) is 0 Å². The summed E-state index contributed by atoms with van der Waals surface area (Å²) in [6.07, 6.45) is 2.35. The topological polar surface area (TPSA) is 44.4 Å². The number of carbonyl (C=O) groups excluding carboxylic acids is 1. The van der Waals surface area contributed by atoms with Crippen LogP contribution in [0.4, 0.5) is 0 Å². The molecule has 2 saturated heterocycles. The summed E-state index contributed by atoms with van der Waals surface area (Å²) in [4.78, 5) is 14.0. The van der Waals surface area contributed by atoms with Crippen molar-refractivity contribution < 1.29 is 4.79 Å². The van der Waals surface area contributed by atoms with E-state index in [1.165, 1.54) is 0 Å². The second-order valence-electron chi connectivity index (χ2n) is 4.44. The average Bonchev–Trinajstić information content (AvgIpc) is 2.18. The van der Waals surface area contributed by atoms with Gasteiger partial charge in [-0.15, -0.1) is 0 Å². The van der Waals surface area contributed by atoms with Crippen LogP contribution in [0.1, 0.15) is 26.7 Å². The van der Waals surface area contributed by atoms with Gasteiger partial charge in [0.2, 0.25) is 5.91 Å². The quantitative estimate of drug-likeness (QED) is 0.627. The van der Waals surface area contributed by atoms with E-state index in [4.69, 9.17) is 0 Å². The number of fused-ring (bicyclic) bond motifs is 1. The smallest absolute Gasteiger partial charge is 0.229 e. The lowest BCUT2D eigenvalue weighted by Crippen LogP contribution is -2.64. The first-order valence-electron chi connectivity index (χ1n) is 5.47. The Kier molecular flexibility index (Phi) is 2.74. The predicted molar refractivity (Wildman–Crippen MR) is 54.5 cm³/mol. The van der Waals surface area contributed by atoms with Crippen LogP contribution in [0.5, 0.6) is 0 Å². The predicted octanol–water partition coefficient (Wildman–Crippen LogP) is 0.110. The van der Waals surface area contributed by atoms with Gasteiger partial charge in [-0.25, -0.2) is 0 Å². The van der Waals surface area contributed by atoms with Gasteiger partial charge in [-0.05, 0) is 33.2 Å². The minimum Gasteiger partial charge on any atom is -0.327 e. The summed E-state index contributed by atoms with van der Waals surface area (Å²) < 4.78 is 0. The van der Waals surface area contributed by atoms with Gasteiger partial charge in [-0.1, -0.05) is 0 Å². The average molecular weight is 197 g/mol. The fraction of sp³-hybridized carbons (Fsp3) is 0.900. The first kappa shape index (κ1) is 9.93. The van der Waals surface area contributed by atoms with Gasteiger partial charge in [-0.2, -0.15) is 0 Å². The first-order chi connectivity index (χ1) is 6.70. The van der Waals surface area contributed by atoms with Crippen molar-refractivity contribution in [2.75, 3.05) is 13.2 Å². The molecule has 0 radical (unpaired) electrons. The molecule has 0 bridgehead atoms. The molecule has 2 aliphatic heterocycles. The molecule has 80 valence electrons. The number of rotatable bonds is 1. The SMILES string of the molecule is CC(C)N1CNC2NCCCC2C1=O. The van der Waals surface area contributed by atoms with Gasteiger partial charge in [0, 0.05) is 6.04 Å². The summed E-state index contributed by atoms with van der Waals surface area (Å²) in [6, 6.07) is 0.304. The zero-order valence-electron chi connectivity index (χ0n) is 8.92. The second kappa shape index (κ2) is 3.87. The first-order valence-corrected chi connectivity index (χ1v) is 5.47. The second-order valence-corrected chi connectivity index (χ2v) is 4.44. The summed E-state index contributed by atoms with van der Waals surface area (Å²) in [5.41, 5.74) is 0. The summed E-state index contributed by atoms with van der Waals surface area (Å²) in [5.74, 6) is 0.468. The van der Waals surface area contributed by atoms with Crippen molar-refractivity contribution in [1.82, 2.24) is 15.5 Å².